The molecule has 0 bridgehead atoms. The quantitative estimate of drug-likeness (QED) is 0.547. The predicted octanol–water partition coefficient (Wildman–Crippen LogP) is 4.21. The summed E-state index contributed by atoms with van der Waals surface area (Å²) in [5.74, 6) is -0.0940. The number of nitrogens with one attached hydrogen (secondary N) is 1. The van der Waals surface area contributed by atoms with Crippen LogP contribution in [0.25, 0.3) is 6.08 Å². The molecule has 27 heavy (non-hydrogen) atoms. The normalized spacial score (nSPS) is 10.5. The summed E-state index contributed by atoms with van der Waals surface area (Å²) in [7, 11) is 3.05. The average Bonchev–Trinajstić information content (AvgIpc) is 2.68. The van der Waals surface area contributed by atoms with E-state index in [9.17, 15) is 9.59 Å². The Morgan fingerprint density at radius 2 is 1.81 bits per heavy atom. The lowest BCUT2D eigenvalue weighted by Crippen LogP contribution is -2.20. The van der Waals surface area contributed by atoms with Gasteiger partial charge in [-0.1, -0.05) is 35.3 Å². The number of methoxy groups -OCH3 is 2. The highest BCUT2D eigenvalue weighted by atomic mass is 35.5. The van der Waals surface area contributed by atoms with E-state index in [1.807, 2.05) is 0 Å². The summed E-state index contributed by atoms with van der Waals surface area (Å²) in [5, 5.41) is 3.05. The molecule has 0 aliphatic rings. The molecule has 2 aromatic carbocycles. The van der Waals surface area contributed by atoms with Crippen LogP contribution in [-0.4, -0.2) is 32.7 Å². The average molecular weight is 410 g/mol. The number of benzene rings is 2. The van der Waals surface area contributed by atoms with E-state index in [-0.39, 0.29) is 5.02 Å². The lowest BCUT2D eigenvalue weighted by Gasteiger charge is -2.08. The SMILES string of the molecule is COc1ccc(/C=C/C(=O)OCC(=O)Nc2cccc(Cl)c2Cl)cc1OC. The number of hydrogen-bond donors (Lipinski definition) is 1. The first-order chi connectivity index (χ1) is 12.9. The van der Waals surface area contributed by atoms with Gasteiger partial charge in [0.25, 0.3) is 5.91 Å². The molecule has 0 atom stereocenters. The highest BCUT2D eigenvalue weighted by Gasteiger charge is 2.10. The first-order valence-electron chi connectivity index (χ1n) is 7.75. The standard InChI is InChI=1S/C19H17Cl2NO5/c1-25-15-8-6-12(10-16(15)26-2)7-9-18(24)27-11-17(23)22-14-5-3-4-13(20)19(14)21/h3-10H,11H2,1-2H3,(H,22,23)/b9-7+. The molecule has 8 heteroatoms. The molecule has 0 aliphatic heterocycles. The molecule has 0 spiro atoms. The van der Waals surface area contributed by atoms with Crippen LogP contribution in [0, 0.1) is 0 Å². The molecular formula is C19H17Cl2NO5. The van der Waals surface area contributed by atoms with Crippen molar-refractivity contribution in [2.45, 2.75) is 0 Å². The number of halogens is 2. The van der Waals surface area contributed by atoms with Crippen molar-refractivity contribution in [3.8, 4) is 11.5 Å². The molecule has 2 rings (SSSR count). The first-order valence-corrected chi connectivity index (χ1v) is 8.51. The van der Waals surface area contributed by atoms with Gasteiger partial charge in [0.15, 0.2) is 18.1 Å². The number of amides is 1. The van der Waals surface area contributed by atoms with E-state index in [2.05, 4.69) is 5.32 Å². The Kier molecular flexibility index (Phi) is 7.52. The Balaban J connectivity index is 1.89. The molecule has 6 nitrogen and oxygen atoms in total. The van der Waals surface area contributed by atoms with E-state index in [0.29, 0.717) is 27.8 Å². The minimum Gasteiger partial charge on any atom is -0.493 e. The second-order valence-electron chi connectivity index (χ2n) is 5.21. The summed E-state index contributed by atoms with van der Waals surface area (Å²) >= 11 is 11.8. The lowest BCUT2D eigenvalue weighted by atomic mass is 10.2. The number of ether oxygens (including phenoxy) is 3. The minimum atomic E-state index is -0.669. The van der Waals surface area contributed by atoms with E-state index in [1.54, 1.807) is 36.4 Å². The van der Waals surface area contributed by atoms with Crippen LogP contribution in [0.15, 0.2) is 42.5 Å². The molecule has 0 aliphatic carbocycles. The highest BCUT2D eigenvalue weighted by Crippen LogP contribution is 2.29. The van der Waals surface area contributed by atoms with E-state index < -0.39 is 18.5 Å². The van der Waals surface area contributed by atoms with Crippen LogP contribution in [0.3, 0.4) is 0 Å². The van der Waals surface area contributed by atoms with Gasteiger partial charge in [-0.05, 0) is 35.9 Å². The molecule has 0 heterocycles. The van der Waals surface area contributed by atoms with Gasteiger partial charge in [-0.25, -0.2) is 4.79 Å². The van der Waals surface area contributed by atoms with E-state index in [4.69, 9.17) is 37.4 Å². The Labute approximate surface area is 166 Å². The van der Waals surface area contributed by atoms with Gasteiger partial charge in [-0.2, -0.15) is 0 Å². The third-order valence-corrected chi connectivity index (χ3v) is 4.21. The second-order valence-corrected chi connectivity index (χ2v) is 5.99. The topological polar surface area (TPSA) is 73.9 Å². The van der Waals surface area contributed by atoms with Crippen LogP contribution >= 0.6 is 23.2 Å². The predicted molar refractivity (Wildman–Crippen MR) is 105 cm³/mol. The van der Waals surface area contributed by atoms with Gasteiger partial charge >= 0.3 is 5.97 Å². The van der Waals surface area contributed by atoms with Crippen LogP contribution in [0.4, 0.5) is 5.69 Å². The summed E-state index contributed by atoms with van der Waals surface area (Å²) in [6.07, 6.45) is 2.75. The van der Waals surface area contributed by atoms with Crippen molar-refractivity contribution < 1.29 is 23.8 Å². The largest absolute Gasteiger partial charge is 0.493 e. The highest BCUT2D eigenvalue weighted by molar-refractivity contribution is 6.44. The molecule has 0 radical (unpaired) electrons. The van der Waals surface area contributed by atoms with Crippen LogP contribution in [0.5, 0.6) is 11.5 Å². The van der Waals surface area contributed by atoms with Gasteiger partial charge in [0, 0.05) is 6.08 Å². The van der Waals surface area contributed by atoms with Gasteiger partial charge in [-0.15, -0.1) is 0 Å². The van der Waals surface area contributed by atoms with Crippen LogP contribution < -0.4 is 14.8 Å². The number of hydrogen-bond acceptors (Lipinski definition) is 5. The maximum Gasteiger partial charge on any atom is 0.331 e. The van der Waals surface area contributed by atoms with E-state index in [1.165, 1.54) is 26.4 Å². The van der Waals surface area contributed by atoms with Crippen LogP contribution in [0.1, 0.15) is 5.56 Å². The number of rotatable bonds is 7. The molecule has 0 aromatic heterocycles. The molecule has 0 unspecified atom stereocenters. The van der Waals surface area contributed by atoms with E-state index >= 15 is 0 Å². The molecule has 1 N–H and O–H groups in total. The third kappa shape index (κ3) is 5.91. The van der Waals surface area contributed by atoms with Crippen molar-refractivity contribution in [1.29, 1.82) is 0 Å². The monoisotopic (exact) mass is 409 g/mol. The zero-order valence-corrected chi connectivity index (χ0v) is 16.1. The zero-order valence-electron chi connectivity index (χ0n) is 14.6. The number of esters is 1. The van der Waals surface area contributed by atoms with Gasteiger partial charge in [-0.3, -0.25) is 4.79 Å². The first kappa shape index (κ1) is 20.6. The summed E-state index contributed by atoms with van der Waals surface area (Å²) < 4.78 is 15.2. The second kappa shape index (κ2) is 9.85. The van der Waals surface area contributed by atoms with Crippen molar-refractivity contribution in [1.82, 2.24) is 0 Å². The van der Waals surface area contributed by atoms with Crippen molar-refractivity contribution in [3.63, 3.8) is 0 Å². The number of anilines is 1. The fraction of sp³-hybridized carbons (Fsp3) is 0.158. The number of carbonyl (C=O) groups is 2. The van der Waals surface area contributed by atoms with Crippen LogP contribution in [0.2, 0.25) is 10.0 Å². The molecule has 142 valence electrons. The molecule has 0 saturated carbocycles. The Morgan fingerprint density at radius 1 is 1.07 bits per heavy atom. The lowest BCUT2D eigenvalue weighted by molar-refractivity contribution is -0.142. The third-order valence-electron chi connectivity index (χ3n) is 3.39. The van der Waals surface area contributed by atoms with Crippen LogP contribution in [-0.2, 0) is 14.3 Å². The van der Waals surface area contributed by atoms with Gasteiger partial charge < -0.3 is 19.5 Å². The number of carbonyl (C=O) groups excluding carboxylic acids is 2. The molecule has 0 saturated heterocycles. The maximum absolute atomic E-state index is 11.9. The minimum absolute atomic E-state index is 0.215. The van der Waals surface area contributed by atoms with Crippen molar-refractivity contribution >= 4 is 46.8 Å². The molecule has 1 amide bonds. The van der Waals surface area contributed by atoms with Gasteiger partial charge in [0.05, 0.1) is 30.0 Å². The summed E-state index contributed by atoms with van der Waals surface area (Å²) in [6.45, 7) is -0.460. The van der Waals surface area contributed by atoms with Gasteiger partial charge in [0.2, 0.25) is 0 Å². The summed E-state index contributed by atoms with van der Waals surface area (Å²) in [6, 6.07) is 9.99. The molecular weight excluding hydrogens is 393 g/mol. The van der Waals surface area contributed by atoms with Gasteiger partial charge in [0.1, 0.15) is 0 Å². The summed E-state index contributed by atoms with van der Waals surface area (Å²) in [5.41, 5.74) is 1.05. The molecule has 2 aromatic rings. The smallest absolute Gasteiger partial charge is 0.331 e. The van der Waals surface area contributed by atoms with Crippen molar-refractivity contribution in [2.24, 2.45) is 0 Å². The van der Waals surface area contributed by atoms with Crippen molar-refractivity contribution in [2.75, 3.05) is 26.1 Å². The van der Waals surface area contributed by atoms with Crippen molar-refractivity contribution in [3.05, 3.63) is 58.1 Å². The zero-order chi connectivity index (χ0) is 19.8. The Hall–Kier alpha value is -2.70. The fourth-order valence-electron chi connectivity index (χ4n) is 2.09. The molecule has 0 fully saturated rings. The summed E-state index contributed by atoms with van der Waals surface area (Å²) in [4.78, 5) is 23.6. The Morgan fingerprint density at radius 3 is 2.52 bits per heavy atom. The fourth-order valence-corrected chi connectivity index (χ4v) is 2.44. The van der Waals surface area contributed by atoms with E-state index in [0.717, 1.165) is 0 Å². The Bertz CT molecular complexity index is 867. The maximum atomic E-state index is 11.9.